The number of halogens is 1. The molecule has 2 aromatic carbocycles. The van der Waals surface area contributed by atoms with Crippen molar-refractivity contribution >= 4 is 5.97 Å². The van der Waals surface area contributed by atoms with Crippen LogP contribution in [0.2, 0.25) is 0 Å². The van der Waals surface area contributed by atoms with Gasteiger partial charge in [-0.3, -0.25) is 4.79 Å². The van der Waals surface area contributed by atoms with Crippen molar-refractivity contribution in [3.05, 3.63) is 59.4 Å². The van der Waals surface area contributed by atoms with Gasteiger partial charge in [-0.15, -0.1) is 0 Å². The Hall–Kier alpha value is -2.36. The molecule has 3 rings (SSSR count). The minimum atomic E-state index is -0.240. The molecule has 0 radical (unpaired) electrons. The van der Waals surface area contributed by atoms with Crippen LogP contribution in [0.25, 0.3) is 0 Å². The largest absolute Gasteiger partial charge is 0.493 e. The second-order valence-corrected chi connectivity index (χ2v) is 5.50. The van der Waals surface area contributed by atoms with Crippen LogP contribution in [0.5, 0.6) is 11.5 Å². The summed E-state index contributed by atoms with van der Waals surface area (Å²) in [4.78, 5) is 11.5. The Morgan fingerprint density at radius 2 is 2.00 bits per heavy atom. The van der Waals surface area contributed by atoms with Crippen LogP contribution in [0.15, 0.2) is 42.5 Å². The van der Waals surface area contributed by atoms with E-state index in [4.69, 9.17) is 9.47 Å². The summed E-state index contributed by atoms with van der Waals surface area (Å²) in [7, 11) is 0. The fraction of sp³-hybridized carbons (Fsp3) is 0.278. The number of fused-ring (bicyclic) bond motifs is 1. The summed E-state index contributed by atoms with van der Waals surface area (Å²) in [6.07, 6.45) is 1.10. The first-order valence-electron chi connectivity index (χ1n) is 7.33. The molecule has 0 spiro atoms. The number of ether oxygens (including phenoxy) is 2. The zero-order valence-electron chi connectivity index (χ0n) is 12.3. The molecule has 0 fully saturated rings. The SMILES string of the molecule is CC1CC(=O)Oc2cc(OCCc3ccc(F)cc3)ccc21. The predicted octanol–water partition coefficient (Wildman–Crippen LogP) is 3.86. The number of rotatable bonds is 4. The molecular weight excluding hydrogens is 283 g/mol. The van der Waals surface area contributed by atoms with E-state index in [1.807, 2.05) is 19.1 Å². The Morgan fingerprint density at radius 3 is 2.77 bits per heavy atom. The topological polar surface area (TPSA) is 35.5 Å². The third-order valence-corrected chi connectivity index (χ3v) is 3.79. The first-order valence-corrected chi connectivity index (χ1v) is 7.33. The first kappa shape index (κ1) is 14.6. The van der Waals surface area contributed by atoms with Gasteiger partial charge in [0.2, 0.25) is 0 Å². The van der Waals surface area contributed by atoms with Crippen molar-refractivity contribution in [3.63, 3.8) is 0 Å². The summed E-state index contributed by atoms with van der Waals surface area (Å²) in [5.74, 6) is 0.981. The van der Waals surface area contributed by atoms with Crippen molar-refractivity contribution in [2.24, 2.45) is 0 Å². The van der Waals surface area contributed by atoms with Crippen molar-refractivity contribution in [2.75, 3.05) is 6.61 Å². The van der Waals surface area contributed by atoms with Crippen LogP contribution in [0.4, 0.5) is 4.39 Å². The van der Waals surface area contributed by atoms with Crippen LogP contribution in [-0.2, 0) is 11.2 Å². The van der Waals surface area contributed by atoms with E-state index in [0.29, 0.717) is 30.9 Å². The van der Waals surface area contributed by atoms with Gasteiger partial charge in [0.1, 0.15) is 17.3 Å². The van der Waals surface area contributed by atoms with Gasteiger partial charge in [0.25, 0.3) is 0 Å². The number of benzene rings is 2. The van der Waals surface area contributed by atoms with Gasteiger partial charge in [-0.1, -0.05) is 25.1 Å². The van der Waals surface area contributed by atoms with Crippen LogP contribution in [-0.4, -0.2) is 12.6 Å². The number of carbonyl (C=O) groups is 1. The summed E-state index contributed by atoms with van der Waals surface area (Å²) in [6.45, 7) is 2.49. The highest BCUT2D eigenvalue weighted by Gasteiger charge is 2.24. The van der Waals surface area contributed by atoms with Crippen molar-refractivity contribution in [2.45, 2.75) is 25.7 Å². The van der Waals surface area contributed by atoms with E-state index in [2.05, 4.69) is 0 Å². The minimum Gasteiger partial charge on any atom is -0.493 e. The average molecular weight is 300 g/mol. The summed E-state index contributed by atoms with van der Waals surface area (Å²) in [5.41, 5.74) is 2.05. The average Bonchev–Trinajstić information content (AvgIpc) is 2.49. The molecule has 0 aliphatic carbocycles. The van der Waals surface area contributed by atoms with E-state index in [9.17, 15) is 9.18 Å². The van der Waals surface area contributed by atoms with E-state index < -0.39 is 0 Å². The molecule has 1 unspecified atom stereocenters. The fourth-order valence-electron chi connectivity index (χ4n) is 2.56. The lowest BCUT2D eigenvalue weighted by Crippen LogP contribution is -2.18. The third kappa shape index (κ3) is 3.27. The van der Waals surface area contributed by atoms with Crippen LogP contribution in [0.1, 0.15) is 30.4 Å². The molecule has 0 saturated heterocycles. The van der Waals surface area contributed by atoms with Gasteiger partial charge in [0.05, 0.1) is 13.0 Å². The summed E-state index contributed by atoms with van der Waals surface area (Å²) >= 11 is 0. The van der Waals surface area contributed by atoms with Crippen LogP contribution < -0.4 is 9.47 Å². The molecule has 22 heavy (non-hydrogen) atoms. The Morgan fingerprint density at radius 1 is 1.23 bits per heavy atom. The monoisotopic (exact) mass is 300 g/mol. The molecule has 4 heteroatoms. The molecule has 0 saturated carbocycles. The van der Waals surface area contributed by atoms with Gasteiger partial charge < -0.3 is 9.47 Å². The molecule has 0 bridgehead atoms. The van der Waals surface area contributed by atoms with E-state index >= 15 is 0 Å². The number of hydrogen-bond donors (Lipinski definition) is 0. The van der Waals surface area contributed by atoms with Crippen molar-refractivity contribution in [1.29, 1.82) is 0 Å². The van der Waals surface area contributed by atoms with E-state index in [-0.39, 0.29) is 17.7 Å². The number of carbonyl (C=O) groups excluding carboxylic acids is 1. The lowest BCUT2D eigenvalue weighted by molar-refractivity contribution is -0.135. The number of esters is 1. The van der Waals surface area contributed by atoms with Crippen LogP contribution >= 0.6 is 0 Å². The first-order chi connectivity index (χ1) is 10.6. The van der Waals surface area contributed by atoms with Gasteiger partial charge in [-0.05, 0) is 35.2 Å². The molecule has 2 aromatic rings. The second kappa shape index (κ2) is 6.18. The minimum absolute atomic E-state index is 0.171. The van der Waals surface area contributed by atoms with Crippen LogP contribution in [0.3, 0.4) is 0 Å². The lowest BCUT2D eigenvalue weighted by atomic mass is 9.95. The Bertz CT molecular complexity index is 679. The maximum Gasteiger partial charge on any atom is 0.311 e. The standard InChI is InChI=1S/C18H17FO3/c1-12-10-18(20)22-17-11-15(6-7-16(12)17)21-9-8-13-2-4-14(19)5-3-13/h2-7,11-12H,8-10H2,1H3. The highest BCUT2D eigenvalue weighted by atomic mass is 19.1. The quantitative estimate of drug-likeness (QED) is 0.635. The second-order valence-electron chi connectivity index (χ2n) is 5.50. The molecular formula is C18H17FO3. The van der Waals surface area contributed by atoms with Gasteiger partial charge in [-0.25, -0.2) is 4.39 Å². The summed E-state index contributed by atoms with van der Waals surface area (Å²) in [6, 6.07) is 12.0. The van der Waals surface area contributed by atoms with Crippen molar-refractivity contribution in [3.8, 4) is 11.5 Å². The molecule has 0 amide bonds. The molecule has 0 N–H and O–H groups in total. The fourth-order valence-corrected chi connectivity index (χ4v) is 2.56. The summed E-state index contributed by atoms with van der Waals surface area (Å²) < 4.78 is 23.8. The Kier molecular flexibility index (Phi) is 4.09. The zero-order chi connectivity index (χ0) is 15.5. The zero-order valence-corrected chi connectivity index (χ0v) is 12.3. The van der Waals surface area contributed by atoms with Gasteiger partial charge in [0, 0.05) is 12.5 Å². The van der Waals surface area contributed by atoms with Gasteiger partial charge >= 0.3 is 5.97 Å². The van der Waals surface area contributed by atoms with Crippen molar-refractivity contribution < 1.29 is 18.7 Å². The molecule has 1 aliphatic heterocycles. The smallest absolute Gasteiger partial charge is 0.311 e. The maximum atomic E-state index is 12.8. The predicted molar refractivity (Wildman–Crippen MR) is 80.7 cm³/mol. The Labute approximate surface area is 128 Å². The molecule has 1 heterocycles. The lowest BCUT2D eigenvalue weighted by Gasteiger charge is -2.21. The van der Waals surface area contributed by atoms with E-state index in [1.54, 1.807) is 18.2 Å². The molecule has 1 aliphatic rings. The Balaban J connectivity index is 1.62. The van der Waals surface area contributed by atoms with E-state index in [1.165, 1.54) is 12.1 Å². The van der Waals surface area contributed by atoms with Gasteiger partial charge in [0.15, 0.2) is 0 Å². The highest BCUT2D eigenvalue weighted by molar-refractivity contribution is 5.76. The molecule has 0 aromatic heterocycles. The molecule has 1 atom stereocenters. The highest BCUT2D eigenvalue weighted by Crippen LogP contribution is 2.36. The summed E-state index contributed by atoms with van der Waals surface area (Å²) in [5, 5.41) is 0. The van der Waals surface area contributed by atoms with E-state index in [0.717, 1.165) is 11.1 Å². The maximum absolute atomic E-state index is 12.8. The third-order valence-electron chi connectivity index (χ3n) is 3.79. The van der Waals surface area contributed by atoms with Crippen molar-refractivity contribution in [1.82, 2.24) is 0 Å². The van der Waals surface area contributed by atoms with Crippen LogP contribution in [0, 0.1) is 5.82 Å². The normalized spacial score (nSPS) is 16.8. The molecule has 3 nitrogen and oxygen atoms in total. The molecule has 114 valence electrons. The number of hydrogen-bond acceptors (Lipinski definition) is 3. The van der Waals surface area contributed by atoms with Gasteiger partial charge in [-0.2, -0.15) is 0 Å².